The molecule has 0 aromatic carbocycles. The number of rotatable bonds is 63. The van der Waals surface area contributed by atoms with Gasteiger partial charge in [0, 0.05) is 6.42 Å². The molecule has 2 N–H and O–H groups in total. The largest absolute Gasteiger partial charge is 0.756 e. The third-order valence-electron chi connectivity index (χ3n) is 15.4. The van der Waals surface area contributed by atoms with Crippen LogP contribution in [0.15, 0.2) is 72.9 Å². The van der Waals surface area contributed by atoms with Gasteiger partial charge in [-0.3, -0.25) is 9.36 Å². The van der Waals surface area contributed by atoms with Crippen LogP contribution in [0.5, 0.6) is 0 Å². The summed E-state index contributed by atoms with van der Waals surface area (Å²) in [4.78, 5) is 25.6. The molecular weight excluding hydrogens is 1010 g/mol. The molecule has 8 nitrogen and oxygen atoms in total. The third kappa shape index (κ3) is 63.5. The van der Waals surface area contributed by atoms with Gasteiger partial charge in [-0.15, -0.1) is 0 Å². The number of hydrogen-bond donors (Lipinski definition) is 2. The van der Waals surface area contributed by atoms with Crippen LogP contribution >= 0.6 is 7.82 Å². The molecule has 3 unspecified atom stereocenters. The zero-order valence-corrected chi connectivity index (χ0v) is 54.4. The van der Waals surface area contributed by atoms with Crippen LogP contribution in [0.1, 0.15) is 322 Å². The van der Waals surface area contributed by atoms with Crippen molar-refractivity contribution in [2.24, 2.45) is 0 Å². The number of hydrogen-bond acceptors (Lipinski definition) is 6. The van der Waals surface area contributed by atoms with Crippen LogP contribution in [0.3, 0.4) is 0 Å². The Hall–Kier alpha value is -2.06. The highest BCUT2D eigenvalue weighted by Crippen LogP contribution is 2.38. The number of nitrogens with zero attached hydrogens (tertiary/aromatic N) is 1. The molecule has 0 bridgehead atoms. The summed E-state index contributed by atoms with van der Waals surface area (Å²) in [6.45, 7) is 4.64. The van der Waals surface area contributed by atoms with Crippen LogP contribution in [0.2, 0.25) is 0 Å². The molecule has 0 heterocycles. The van der Waals surface area contributed by atoms with E-state index in [9.17, 15) is 19.4 Å². The number of amides is 1. The number of aliphatic hydroxyl groups excluding tert-OH is 1. The van der Waals surface area contributed by atoms with Crippen molar-refractivity contribution < 1.29 is 32.9 Å². The van der Waals surface area contributed by atoms with Crippen LogP contribution in [-0.2, 0) is 18.4 Å². The van der Waals surface area contributed by atoms with Crippen molar-refractivity contribution in [2.45, 2.75) is 334 Å². The molecule has 1 amide bonds. The van der Waals surface area contributed by atoms with Crippen LogP contribution in [0.25, 0.3) is 0 Å². The average Bonchev–Trinajstić information content (AvgIpc) is 3.42. The molecule has 0 aliphatic rings. The number of aliphatic hydroxyl groups is 1. The maximum absolute atomic E-state index is 13.0. The van der Waals surface area contributed by atoms with Crippen LogP contribution in [0, 0.1) is 0 Å². The number of carbonyl (C=O) groups is 1. The minimum Gasteiger partial charge on any atom is -0.756 e. The molecule has 0 aromatic rings. The molecule has 0 saturated carbocycles. The lowest BCUT2D eigenvalue weighted by atomic mass is 10.0. The standard InChI is InChI=1S/C71H133N2O6P/c1-6-8-10-12-14-16-18-20-22-24-26-28-30-32-34-35-36-37-39-41-43-45-47-49-51-53-55-57-59-61-63-65-71(75)72-69(68-79-80(76,77)78-67-66-73(3,4)5)70(74)64-62-60-58-56-54-52-50-48-46-44-42-40-38-33-31-29-27-25-23-21-19-17-15-13-11-9-7-2/h18,20,24,26,30,32,46,48,54,56,62,64,69-70,74H,6-17,19,21-23,25,27-29,31,33-45,47,49-53,55,57-61,63,65-68H2,1-5H3,(H-,72,75,76,77)/b20-18-,26-24-,32-30-,48-46+,56-54+,64-62+. The van der Waals surface area contributed by atoms with Gasteiger partial charge in [-0.2, -0.15) is 0 Å². The Kier molecular flexibility index (Phi) is 59.9. The first-order valence-electron chi connectivity index (χ1n) is 34.3. The van der Waals surface area contributed by atoms with Crippen molar-refractivity contribution in [3.63, 3.8) is 0 Å². The molecule has 468 valence electrons. The van der Waals surface area contributed by atoms with Crippen molar-refractivity contribution in [1.29, 1.82) is 0 Å². The van der Waals surface area contributed by atoms with Crippen molar-refractivity contribution in [3.8, 4) is 0 Å². The van der Waals surface area contributed by atoms with Gasteiger partial charge in [0.1, 0.15) is 13.2 Å². The summed E-state index contributed by atoms with van der Waals surface area (Å²) in [5.74, 6) is -0.209. The molecule has 3 atom stereocenters. The molecule has 0 aromatic heterocycles. The van der Waals surface area contributed by atoms with Crippen molar-refractivity contribution in [3.05, 3.63) is 72.9 Å². The summed E-state index contributed by atoms with van der Waals surface area (Å²) < 4.78 is 23.4. The molecule has 9 heteroatoms. The van der Waals surface area contributed by atoms with Gasteiger partial charge < -0.3 is 28.8 Å². The molecule has 80 heavy (non-hydrogen) atoms. The second kappa shape index (κ2) is 61.5. The summed E-state index contributed by atoms with van der Waals surface area (Å²) in [6, 6.07) is -0.914. The highest BCUT2D eigenvalue weighted by Gasteiger charge is 2.23. The predicted molar refractivity (Wildman–Crippen MR) is 348 cm³/mol. The Balaban J connectivity index is 4.15. The Morgan fingerprint density at radius 2 is 0.738 bits per heavy atom. The van der Waals surface area contributed by atoms with Crippen LogP contribution in [-0.4, -0.2) is 68.5 Å². The molecule has 0 rings (SSSR count). The van der Waals surface area contributed by atoms with Crippen LogP contribution in [0.4, 0.5) is 0 Å². The van der Waals surface area contributed by atoms with Crippen molar-refractivity contribution in [1.82, 2.24) is 5.32 Å². The Bertz CT molecular complexity index is 1530. The number of nitrogens with one attached hydrogen (secondary N) is 1. The van der Waals surface area contributed by atoms with Gasteiger partial charge >= 0.3 is 0 Å². The fourth-order valence-corrected chi connectivity index (χ4v) is 10.7. The minimum absolute atomic E-state index is 0.0104. The third-order valence-corrected chi connectivity index (χ3v) is 16.3. The fraction of sp³-hybridized carbons (Fsp3) is 0.817. The number of quaternary nitrogens is 1. The molecule has 0 fully saturated rings. The number of carbonyl (C=O) groups excluding carboxylic acids is 1. The van der Waals surface area contributed by atoms with E-state index in [1.165, 1.54) is 244 Å². The topological polar surface area (TPSA) is 108 Å². The predicted octanol–water partition coefficient (Wildman–Crippen LogP) is 21.1. The zero-order chi connectivity index (χ0) is 58.4. The first-order valence-corrected chi connectivity index (χ1v) is 35.8. The molecule has 0 saturated heterocycles. The van der Waals surface area contributed by atoms with Gasteiger partial charge in [0.25, 0.3) is 7.82 Å². The van der Waals surface area contributed by atoms with E-state index < -0.39 is 26.6 Å². The normalized spacial score (nSPS) is 14.1. The monoisotopic (exact) mass is 1140 g/mol. The Labute approximate surface area is 497 Å². The highest BCUT2D eigenvalue weighted by atomic mass is 31.2. The zero-order valence-electron chi connectivity index (χ0n) is 53.5. The summed E-state index contributed by atoms with van der Waals surface area (Å²) >= 11 is 0. The average molecular weight is 1140 g/mol. The van der Waals surface area contributed by atoms with Gasteiger partial charge in [-0.05, 0) is 83.5 Å². The smallest absolute Gasteiger partial charge is 0.268 e. The second-order valence-corrected chi connectivity index (χ2v) is 25.9. The van der Waals surface area contributed by atoms with Crippen molar-refractivity contribution >= 4 is 13.7 Å². The maximum Gasteiger partial charge on any atom is 0.268 e. The van der Waals surface area contributed by atoms with E-state index in [4.69, 9.17) is 9.05 Å². The lowest BCUT2D eigenvalue weighted by Gasteiger charge is -2.29. The number of likely N-dealkylation sites (N-methyl/N-ethyl adjacent to an activating group) is 1. The van der Waals surface area contributed by atoms with E-state index in [-0.39, 0.29) is 12.5 Å². The number of phosphoric acid groups is 1. The van der Waals surface area contributed by atoms with E-state index in [1.54, 1.807) is 6.08 Å². The second-order valence-electron chi connectivity index (χ2n) is 24.5. The minimum atomic E-state index is -4.62. The fourth-order valence-electron chi connectivity index (χ4n) is 10.0. The van der Waals surface area contributed by atoms with Gasteiger partial charge in [0.15, 0.2) is 0 Å². The summed E-state index contributed by atoms with van der Waals surface area (Å²) in [5, 5.41) is 13.9. The first-order chi connectivity index (χ1) is 39.0. The molecular formula is C71H133N2O6P. The van der Waals surface area contributed by atoms with Gasteiger partial charge in [0.05, 0.1) is 39.9 Å². The van der Waals surface area contributed by atoms with Gasteiger partial charge in [-0.25, -0.2) is 0 Å². The number of allylic oxidation sites excluding steroid dienone is 11. The number of phosphoric ester groups is 1. The van der Waals surface area contributed by atoms with E-state index in [0.717, 1.165) is 57.8 Å². The summed E-state index contributed by atoms with van der Waals surface area (Å²) in [7, 11) is 1.24. The van der Waals surface area contributed by atoms with E-state index >= 15 is 0 Å². The molecule has 0 radical (unpaired) electrons. The van der Waals surface area contributed by atoms with E-state index in [0.29, 0.717) is 17.4 Å². The van der Waals surface area contributed by atoms with Gasteiger partial charge in [0.2, 0.25) is 5.91 Å². The highest BCUT2D eigenvalue weighted by molar-refractivity contribution is 7.45. The molecule has 0 spiro atoms. The van der Waals surface area contributed by atoms with E-state index in [2.05, 4.69) is 79.9 Å². The maximum atomic E-state index is 13.0. The van der Waals surface area contributed by atoms with Crippen molar-refractivity contribution in [2.75, 3.05) is 40.9 Å². The lowest BCUT2D eigenvalue weighted by molar-refractivity contribution is -0.870. The SMILES string of the molecule is CCCCCCC/C=C\C/C=C\C/C=C\CCCCCCCCCCCCCCCCCCC(=O)NC(COP(=O)([O-])OCC[N+](C)(C)C)C(O)/C=C/CC/C=C/CC/C=C/CCCCCCCCCCCCCCCCCCC. The molecule has 0 aliphatic carbocycles. The Morgan fingerprint density at radius 1 is 0.438 bits per heavy atom. The van der Waals surface area contributed by atoms with Crippen LogP contribution < -0.4 is 10.2 Å². The number of unbranched alkanes of at least 4 members (excludes halogenated alkanes) is 40. The van der Waals surface area contributed by atoms with E-state index in [1.807, 2.05) is 27.2 Å². The molecule has 0 aliphatic heterocycles. The first kappa shape index (κ1) is 77.9. The summed E-state index contributed by atoms with van der Waals surface area (Å²) in [5.41, 5.74) is 0. The Morgan fingerprint density at radius 3 is 1.10 bits per heavy atom. The lowest BCUT2D eigenvalue weighted by Crippen LogP contribution is -2.45. The summed E-state index contributed by atoms with van der Waals surface area (Å²) in [6.07, 6.45) is 85.9. The van der Waals surface area contributed by atoms with Gasteiger partial charge in [-0.1, -0.05) is 305 Å². The quantitative estimate of drug-likeness (QED) is 0.0272.